The summed E-state index contributed by atoms with van der Waals surface area (Å²) in [6.07, 6.45) is 2.31. The highest BCUT2D eigenvalue weighted by Gasteiger charge is 2.27. The fraction of sp³-hybridized carbons (Fsp3) is 0.276. The molecule has 5 rings (SSSR count). The smallest absolute Gasteiger partial charge is 0.269 e. The number of amides is 1. The van der Waals surface area contributed by atoms with Crippen molar-refractivity contribution in [2.24, 2.45) is 0 Å². The van der Waals surface area contributed by atoms with E-state index in [-0.39, 0.29) is 17.5 Å². The number of ether oxygens (including phenoxy) is 2. The van der Waals surface area contributed by atoms with Gasteiger partial charge in [0.15, 0.2) is 11.5 Å². The maximum atomic E-state index is 13.6. The second kappa shape index (κ2) is 10.8. The summed E-state index contributed by atoms with van der Waals surface area (Å²) in [5, 5.41) is 12.0. The van der Waals surface area contributed by atoms with Crippen LogP contribution in [0.25, 0.3) is 10.9 Å². The van der Waals surface area contributed by atoms with E-state index < -0.39 is 4.92 Å². The Labute approximate surface area is 220 Å². The maximum Gasteiger partial charge on any atom is 0.269 e. The SMILES string of the molecule is COc1ccc([C@@H](CC(=O)N2CCN(c3ccc([N+](=O)[O-])cc3)CC2)c2c[nH]c3ccccc23)cc1OC. The first-order valence-corrected chi connectivity index (χ1v) is 12.5. The normalized spacial score (nSPS) is 14.4. The van der Waals surface area contributed by atoms with Gasteiger partial charge in [-0.25, -0.2) is 0 Å². The van der Waals surface area contributed by atoms with Crippen LogP contribution in [-0.4, -0.2) is 61.1 Å². The number of nitrogens with one attached hydrogen (secondary N) is 1. The minimum Gasteiger partial charge on any atom is -0.493 e. The van der Waals surface area contributed by atoms with Crippen LogP contribution >= 0.6 is 0 Å². The molecule has 1 aromatic heterocycles. The highest BCUT2D eigenvalue weighted by molar-refractivity contribution is 5.86. The average molecular weight is 515 g/mol. The number of piperazine rings is 1. The largest absolute Gasteiger partial charge is 0.493 e. The lowest BCUT2D eigenvalue weighted by atomic mass is 9.87. The molecule has 0 radical (unpaired) electrons. The zero-order chi connectivity index (χ0) is 26.6. The van der Waals surface area contributed by atoms with E-state index in [0.29, 0.717) is 44.1 Å². The number of aromatic nitrogens is 1. The van der Waals surface area contributed by atoms with E-state index in [2.05, 4.69) is 16.0 Å². The molecule has 0 saturated carbocycles. The minimum absolute atomic E-state index is 0.0704. The van der Waals surface area contributed by atoms with Crippen LogP contribution in [0.2, 0.25) is 0 Å². The van der Waals surface area contributed by atoms with Gasteiger partial charge in [-0.05, 0) is 41.5 Å². The first-order chi connectivity index (χ1) is 18.5. The number of methoxy groups -OCH3 is 2. The first kappa shape index (κ1) is 25.1. The van der Waals surface area contributed by atoms with Gasteiger partial charge in [0.05, 0.1) is 19.1 Å². The summed E-state index contributed by atoms with van der Waals surface area (Å²) in [5.41, 5.74) is 4.05. The summed E-state index contributed by atoms with van der Waals surface area (Å²) in [7, 11) is 3.21. The lowest BCUT2D eigenvalue weighted by molar-refractivity contribution is -0.384. The molecular weight excluding hydrogens is 484 g/mol. The Hall–Kier alpha value is -4.53. The molecule has 38 heavy (non-hydrogen) atoms. The minimum atomic E-state index is -0.400. The van der Waals surface area contributed by atoms with Gasteiger partial charge in [-0.2, -0.15) is 0 Å². The van der Waals surface area contributed by atoms with Crippen molar-refractivity contribution in [1.82, 2.24) is 9.88 Å². The molecule has 1 amide bonds. The Morgan fingerprint density at radius 3 is 2.37 bits per heavy atom. The Balaban J connectivity index is 1.36. The molecule has 2 heterocycles. The van der Waals surface area contributed by atoms with Gasteiger partial charge in [-0.15, -0.1) is 0 Å². The number of fused-ring (bicyclic) bond motifs is 1. The third-order valence-corrected chi connectivity index (χ3v) is 7.24. The molecule has 1 aliphatic rings. The Morgan fingerprint density at radius 2 is 1.68 bits per heavy atom. The number of hydrogen-bond donors (Lipinski definition) is 1. The standard InChI is InChI=1S/C29H30N4O5/c1-37-27-12-7-20(17-28(27)38-2)24(25-19-30-26-6-4-3-5-23(25)26)18-29(34)32-15-13-31(14-16-32)21-8-10-22(11-9-21)33(35)36/h3-12,17,19,24,30H,13-16,18H2,1-2H3/t24-/m1/s1. The third kappa shape index (κ3) is 5.00. The van der Waals surface area contributed by atoms with Crippen molar-refractivity contribution in [3.05, 3.63) is 94.2 Å². The number of H-pyrrole nitrogens is 1. The fourth-order valence-electron chi connectivity index (χ4n) is 5.16. The van der Waals surface area contributed by atoms with Gasteiger partial charge in [-0.3, -0.25) is 14.9 Å². The van der Waals surface area contributed by atoms with E-state index in [1.165, 1.54) is 12.1 Å². The van der Waals surface area contributed by atoms with Gasteiger partial charge < -0.3 is 24.3 Å². The summed E-state index contributed by atoms with van der Waals surface area (Å²) >= 11 is 0. The molecule has 0 unspecified atom stereocenters. The van der Waals surface area contributed by atoms with E-state index in [1.54, 1.807) is 26.4 Å². The summed E-state index contributed by atoms with van der Waals surface area (Å²) in [4.78, 5) is 31.6. The predicted octanol–water partition coefficient (Wildman–Crippen LogP) is 4.96. The average Bonchev–Trinajstić information content (AvgIpc) is 3.39. The van der Waals surface area contributed by atoms with E-state index in [4.69, 9.17) is 9.47 Å². The van der Waals surface area contributed by atoms with Gasteiger partial charge in [0.25, 0.3) is 5.69 Å². The number of carbonyl (C=O) groups is 1. The topological polar surface area (TPSA) is 101 Å². The molecule has 9 nitrogen and oxygen atoms in total. The molecule has 4 aromatic rings. The monoisotopic (exact) mass is 514 g/mol. The first-order valence-electron chi connectivity index (χ1n) is 12.5. The Bertz CT molecular complexity index is 1440. The van der Waals surface area contributed by atoms with Crippen molar-refractivity contribution in [2.45, 2.75) is 12.3 Å². The molecule has 0 bridgehead atoms. The molecule has 1 aliphatic heterocycles. The molecule has 0 aliphatic carbocycles. The van der Waals surface area contributed by atoms with Crippen LogP contribution < -0.4 is 14.4 Å². The predicted molar refractivity (Wildman–Crippen MR) is 146 cm³/mol. The quantitative estimate of drug-likeness (QED) is 0.263. The lowest BCUT2D eigenvalue weighted by Crippen LogP contribution is -2.49. The summed E-state index contributed by atoms with van der Waals surface area (Å²) < 4.78 is 11.0. The number of carbonyl (C=O) groups excluding carboxylic acids is 1. The zero-order valence-electron chi connectivity index (χ0n) is 21.4. The van der Waals surface area contributed by atoms with Crippen molar-refractivity contribution >= 4 is 28.2 Å². The number of aromatic amines is 1. The van der Waals surface area contributed by atoms with Crippen molar-refractivity contribution in [1.29, 1.82) is 0 Å². The lowest BCUT2D eigenvalue weighted by Gasteiger charge is -2.36. The molecule has 9 heteroatoms. The summed E-state index contributed by atoms with van der Waals surface area (Å²) in [5.74, 6) is 1.17. The van der Waals surface area contributed by atoms with Gasteiger partial charge in [0.2, 0.25) is 5.91 Å². The van der Waals surface area contributed by atoms with Gasteiger partial charge in [-0.1, -0.05) is 24.3 Å². The van der Waals surface area contributed by atoms with Crippen LogP contribution in [0, 0.1) is 10.1 Å². The highest BCUT2D eigenvalue weighted by Crippen LogP contribution is 2.38. The number of non-ortho nitro benzene ring substituents is 1. The number of hydrogen-bond acceptors (Lipinski definition) is 6. The molecule has 196 valence electrons. The van der Waals surface area contributed by atoms with Crippen molar-refractivity contribution in [3.8, 4) is 11.5 Å². The molecular formula is C29H30N4O5. The molecule has 1 atom stereocenters. The Kier molecular flexibility index (Phi) is 7.17. The molecule has 3 aromatic carbocycles. The summed E-state index contributed by atoms with van der Waals surface area (Å²) in [6, 6.07) is 20.5. The van der Waals surface area contributed by atoms with Crippen molar-refractivity contribution in [3.63, 3.8) is 0 Å². The fourth-order valence-corrected chi connectivity index (χ4v) is 5.16. The van der Waals surface area contributed by atoms with Crippen LogP contribution in [0.3, 0.4) is 0 Å². The molecule has 0 spiro atoms. The van der Waals surface area contributed by atoms with Crippen LogP contribution in [0.4, 0.5) is 11.4 Å². The third-order valence-electron chi connectivity index (χ3n) is 7.24. The van der Waals surface area contributed by atoms with Crippen molar-refractivity contribution in [2.75, 3.05) is 45.3 Å². The molecule has 1 saturated heterocycles. The number of rotatable bonds is 8. The number of anilines is 1. The molecule has 1 N–H and O–H groups in total. The maximum absolute atomic E-state index is 13.6. The zero-order valence-corrected chi connectivity index (χ0v) is 21.4. The van der Waals surface area contributed by atoms with E-state index >= 15 is 0 Å². The van der Waals surface area contributed by atoms with Gasteiger partial charge in [0, 0.05) is 73.4 Å². The van der Waals surface area contributed by atoms with Crippen LogP contribution in [0.5, 0.6) is 11.5 Å². The van der Waals surface area contributed by atoms with E-state index in [0.717, 1.165) is 27.7 Å². The number of benzene rings is 3. The number of nitrogens with zero attached hydrogens (tertiary/aromatic N) is 3. The molecule has 1 fully saturated rings. The Morgan fingerprint density at radius 1 is 0.974 bits per heavy atom. The number of para-hydroxylation sites is 1. The van der Waals surface area contributed by atoms with E-state index in [1.807, 2.05) is 47.5 Å². The van der Waals surface area contributed by atoms with Crippen LogP contribution in [0.15, 0.2) is 72.9 Å². The van der Waals surface area contributed by atoms with Crippen molar-refractivity contribution < 1.29 is 19.2 Å². The number of nitro benzene ring substituents is 1. The highest BCUT2D eigenvalue weighted by atomic mass is 16.6. The second-order valence-corrected chi connectivity index (χ2v) is 9.30. The van der Waals surface area contributed by atoms with Gasteiger partial charge >= 0.3 is 0 Å². The van der Waals surface area contributed by atoms with Crippen LogP contribution in [-0.2, 0) is 4.79 Å². The van der Waals surface area contributed by atoms with Crippen LogP contribution in [0.1, 0.15) is 23.5 Å². The van der Waals surface area contributed by atoms with E-state index in [9.17, 15) is 14.9 Å². The number of nitro groups is 1. The van der Waals surface area contributed by atoms with Gasteiger partial charge in [0.1, 0.15) is 0 Å². The summed E-state index contributed by atoms with van der Waals surface area (Å²) in [6.45, 7) is 2.50. The second-order valence-electron chi connectivity index (χ2n) is 9.30.